The summed E-state index contributed by atoms with van der Waals surface area (Å²) in [5.41, 5.74) is -0.264. The molecule has 1 aromatic rings. The quantitative estimate of drug-likeness (QED) is 0.922. The third kappa shape index (κ3) is 3.58. The molecule has 1 N–H and O–H groups in total. The van der Waals surface area contributed by atoms with Crippen LogP contribution in [0.15, 0.2) is 18.2 Å². The smallest absolute Gasteiger partial charge is 0.305 e. The lowest BCUT2D eigenvalue weighted by atomic mass is 9.97. The molecule has 0 aromatic heterocycles. The van der Waals surface area contributed by atoms with Gasteiger partial charge in [-0.05, 0) is 19.1 Å². The molecule has 2 rings (SSSR count). The van der Waals surface area contributed by atoms with Crippen molar-refractivity contribution in [3.05, 3.63) is 35.4 Å². The number of hydrogen-bond acceptors (Lipinski definition) is 3. The molecule has 1 aliphatic rings. The first-order valence-electron chi connectivity index (χ1n) is 6.95. The van der Waals surface area contributed by atoms with Crippen molar-refractivity contribution < 1.29 is 23.5 Å². The summed E-state index contributed by atoms with van der Waals surface area (Å²) in [5, 5.41) is 8.94. The lowest BCUT2D eigenvalue weighted by Gasteiger charge is -2.36. The van der Waals surface area contributed by atoms with Crippen molar-refractivity contribution in [3.63, 3.8) is 0 Å². The van der Waals surface area contributed by atoms with Gasteiger partial charge in [-0.25, -0.2) is 8.78 Å². The third-order valence-electron chi connectivity index (χ3n) is 3.72. The second-order valence-electron chi connectivity index (χ2n) is 5.22. The monoisotopic (exact) mass is 329 g/mol. The molecule has 0 radical (unpaired) electrons. The van der Waals surface area contributed by atoms with E-state index < -0.39 is 35.5 Å². The fraction of sp³-hybridized carbons (Fsp3) is 0.467. The first-order chi connectivity index (χ1) is 10.4. The highest BCUT2D eigenvalue weighted by Gasteiger charge is 2.33. The summed E-state index contributed by atoms with van der Waals surface area (Å²) in [7, 11) is 0. The Morgan fingerprint density at radius 1 is 1.41 bits per heavy atom. The van der Waals surface area contributed by atoms with Gasteiger partial charge in [0.15, 0.2) is 0 Å². The Morgan fingerprint density at radius 2 is 2.05 bits per heavy atom. The van der Waals surface area contributed by atoms with Gasteiger partial charge in [0.1, 0.15) is 11.6 Å². The van der Waals surface area contributed by atoms with Crippen LogP contribution in [0.5, 0.6) is 0 Å². The molecule has 7 heteroatoms. The minimum Gasteiger partial charge on any atom is -0.481 e. The van der Waals surface area contributed by atoms with E-state index in [0.717, 1.165) is 12.1 Å². The van der Waals surface area contributed by atoms with Crippen LogP contribution < -0.4 is 0 Å². The van der Waals surface area contributed by atoms with Crippen LogP contribution in [-0.4, -0.2) is 46.0 Å². The SMILES string of the molecule is CC(C(=O)N1CCSCC1CC(=O)O)c1c(F)cccc1F. The number of benzene rings is 1. The van der Waals surface area contributed by atoms with Crippen LogP contribution in [0.1, 0.15) is 24.8 Å². The minimum atomic E-state index is -0.991. The number of carboxylic acid groups (broad SMARTS) is 1. The second kappa shape index (κ2) is 7.09. The molecule has 0 saturated carbocycles. The predicted molar refractivity (Wildman–Crippen MR) is 79.9 cm³/mol. The lowest BCUT2D eigenvalue weighted by Crippen LogP contribution is -2.48. The van der Waals surface area contributed by atoms with Gasteiger partial charge in [-0.15, -0.1) is 0 Å². The summed E-state index contributed by atoms with van der Waals surface area (Å²) in [6, 6.07) is 3.03. The van der Waals surface area contributed by atoms with Crippen molar-refractivity contribution in [2.24, 2.45) is 0 Å². The first kappa shape index (κ1) is 16.7. The standard InChI is InChI=1S/C15H17F2NO3S/c1-9(14-11(16)3-2-4-12(14)17)15(21)18-5-6-22-8-10(18)7-13(19)20/h2-4,9-10H,5-8H2,1H3,(H,19,20). The molecule has 1 fully saturated rings. The Bertz CT molecular complexity index is 562. The molecule has 22 heavy (non-hydrogen) atoms. The van der Waals surface area contributed by atoms with Crippen LogP contribution in [0.2, 0.25) is 0 Å². The van der Waals surface area contributed by atoms with Crippen molar-refractivity contribution in [1.82, 2.24) is 4.90 Å². The van der Waals surface area contributed by atoms with E-state index >= 15 is 0 Å². The molecule has 2 unspecified atom stereocenters. The van der Waals surface area contributed by atoms with E-state index in [-0.39, 0.29) is 12.0 Å². The molecular formula is C15H17F2NO3S. The number of amides is 1. The molecule has 0 aliphatic carbocycles. The highest BCUT2D eigenvalue weighted by Crippen LogP contribution is 2.28. The summed E-state index contributed by atoms with van der Waals surface area (Å²) < 4.78 is 27.7. The second-order valence-corrected chi connectivity index (χ2v) is 6.37. The van der Waals surface area contributed by atoms with Crippen molar-refractivity contribution in [1.29, 1.82) is 0 Å². The van der Waals surface area contributed by atoms with Crippen molar-refractivity contribution in [3.8, 4) is 0 Å². The van der Waals surface area contributed by atoms with Crippen molar-refractivity contribution in [2.45, 2.75) is 25.3 Å². The zero-order chi connectivity index (χ0) is 16.3. The van der Waals surface area contributed by atoms with Crippen LogP contribution in [-0.2, 0) is 9.59 Å². The fourth-order valence-electron chi connectivity index (χ4n) is 2.61. The van der Waals surface area contributed by atoms with Crippen LogP contribution in [0, 0.1) is 11.6 Å². The summed E-state index contributed by atoms with van der Waals surface area (Å²) >= 11 is 1.57. The van der Waals surface area contributed by atoms with Gasteiger partial charge in [-0.3, -0.25) is 9.59 Å². The first-order valence-corrected chi connectivity index (χ1v) is 8.11. The van der Waals surface area contributed by atoms with Gasteiger partial charge in [0, 0.05) is 23.6 Å². The maximum atomic E-state index is 13.8. The zero-order valence-electron chi connectivity index (χ0n) is 12.1. The predicted octanol–water partition coefficient (Wildman–Crippen LogP) is 2.49. The highest BCUT2D eigenvalue weighted by atomic mass is 32.2. The average molecular weight is 329 g/mol. The topological polar surface area (TPSA) is 57.6 Å². The zero-order valence-corrected chi connectivity index (χ0v) is 12.9. The Balaban J connectivity index is 2.23. The number of nitrogens with zero attached hydrogens (tertiary/aromatic N) is 1. The normalized spacial score (nSPS) is 19.8. The Morgan fingerprint density at radius 3 is 2.64 bits per heavy atom. The largest absolute Gasteiger partial charge is 0.481 e. The van der Waals surface area contributed by atoms with Crippen LogP contribution >= 0.6 is 11.8 Å². The third-order valence-corrected chi connectivity index (χ3v) is 4.82. The molecule has 1 aromatic carbocycles. The Hall–Kier alpha value is -1.63. The van der Waals surface area contributed by atoms with E-state index in [0.29, 0.717) is 18.1 Å². The number of halogens is 2. The molecule has 1 aliphatic heterocycles. The van der Waals surface area contributed by atoms with E-state index in [1.807, 2.05) is 0 Å². The van der Waals surface area contributed by atoms with Gasteiger partial charge in [-0.1, -0.05) is 6.07 Å². The highest BCUT2D eigenvalue weighted by molar-refractivity contribution is 7.99. The molecular weight excluding hydrogens is 312 g/mol. The van der Waals surface area contributed by atoms with E-state index in [1.165, 1.54) is 17.9 Å². The van der Waals surface area contributed by atoms with E-state index in [1.54, 1.807) is 11.8 Å². The van der Waals surface area contributed by atoms with E-state index in [2.05, 4.69) is 0 Å². The van der Waals surface area contributed by atoms with Crippen molar-refractivity contribution >= 4 is 23.6 Å². The average Bonchev–Trinajstić information content (AvgIpc) is 2.46. The van der Waals surface area contributed by atoms with E-state index in [9.17, 15) is 18.4 Å². The lowest BCUT2D eigenvalue weighted by molar-refractivity contribution is -0.140. The molecule has 0 spiro atoms. The van der Waals surface area contributed by atoms with Crippen LogP contribution in [0.4, 0.5) is 8.78 Å². The summed E-state index contributed by atoms with van der Waals surface area (Å²) in [5.74, 6) is -2.73. The fourth-order valence-corrected chi connectivity index (χ4v) is 3.67. The van der Waals surface area contributed by atoms with Gasteiger partial charge < -0.3 is 10.0 Å². The number of aliphatic carboxylic acids is 1. The molecule has 1 saturated heterocycles. The summed E-state index contributed by atoms with van der Waals surface area (Å²) in [6.45, 7) is 1.84. The number of rotatable bonds is 4. The van der Waals surface area contributed by atoms with Gasteiger partial charge in [0.05, 0.1) is 18.4 Å². The summed E-state index contributed by atoms with van der Waals surface area (Å²) in [6.07, 6.45) is -0.161. The van der Waals surface area contributed by atoms with E-state index in [4.69, 9.17) is 5.11 Å². The molecule has 1 heterocycles. The Kier molecular flexibility index (Phi) is 5.39. The number of carbonyl (C=O) groups excluding carboxylic acids is 1. The van der Waals surface area contributed by atoms with Gasteiger partial charge >= 0.3 is 5.97 Å². The van der Waals surface area contributed by atoms with Gasteiger partial charge in [-0.2, -0.15) is 11.8 Å². The maximum absolute atomic E-state index is 13.8. The molecule has 120 valence electrons. The molecule has 2 atom stereocenters. The molecule has 0 bridgehead atoms. The van der Waals surface area contributed by atoms with Gasteiger partial charge in [0.2, 0.25) is 5.91 Å². The number of carbonyl (C=O) groups is 2. The number of hydrogen-bond donors (Lipinski definition) is 1. The summed E-state index contributed by atoms with van der Waals surface area (Å²) in [4.78, 5) is 24.9. The van der Waals surface area contributed by atoms with Gasteiger partial charge in [0.25, 0.3) is 0 Å². The maximum Gasteiger partial charge on any atom is 0.305 e. The van der Waals surface area contributed by atoms with Crippen LogP contribution in [0.25, 0.3) is 0 Å². The number of thioether (sulfide) groups is 1. The molecule has 1 amide bonds. The van der Waals surface area contributed by atoms with Crippen LogP contribution in [0.3, 0.4) is 0 Å². The Labute approximate surface area is 131 Å². The molecule has 4 nitrogen and oxygen atoms in total. The van der Waals surface area contributed by atoms with Crippen molar-refractivity contribution in [2.75, 3.05) is 18.1 Å². The number of carboxylic acids is 1. The minimum absolute atomic E-state index is 0.161.